The fourth-order valence-electron chi connectivity index (χ4n) is 9.46. The van der Waals surface area contributed by atoms with E-state index in [0.29, 0.717) is 16.4 Å². The molecule has 3 saturated carbocycles. The van der Waals surface area contributed by atoms with Crippen molar-refractivity contribution in [1.29, 1.82) is 0 Å². The fraction of sp³-hybridized carbons (Fsp3) is 0.758. The highest BCUT2D eigenvalue weighted by Crippen LogP contribution is 2.67. The number of ether oxygens (including phenoxy) is 1. The molecule has 0 aliphatic heterocycles. The van der Waals surface area contributed by atoms with Gasteiger partial charge in [0.2, 0.25) is 0 Å². The molecular weight excluding hydrogens is 442 g/mol. The zero-order valence-electron chi connectivity index (χ0n) is 23.5. The van der Waals surface area contributed by atoms with Gasteiger partial charge in [0.15, 0.2) is 0 Å². The van der Waals surface area contributed by atoms with Gasteiger partial charge in [0.05, 0.1) is 5.56 Å². The number of hydrogen-bond donors (Lipinski definition) is 0. The van der Waals surface area contributed by atoms with Crippen LogP contribution in [0, 0.1) is 46.3 Å². The Labute approximate surface area is 219 Å². The Morgan fingerprint density at radius 3 is 2.67 bits per heavy atom. The van der Waals surface area contributed by atoms with Gasteiger partial charge in [-0.05, 0) is 103 Å². The zero-order valence-corrected chi connectivity index (χ0v) is 23.5. The van der Waals surface area contributed by atoms with Crippen LogP contribution in [0.25, 0.3) is 0 Å². The molecule has 0 radical (unpaired) electrons. The standard InChI is InChI=1S/C33H49NO2/c1-22(2)8-6-9-23(3)28-13-14-29-27-12-11-25-20-26(36-31(35)24-10-7-19-34-21-24)15-17-32(25,4)30(27)16-18-33(28,29)5/h7,10-11,19,21-23,26-30H,6,8-9,12-18,20H2,1-5H3/t23?,26?,27?,28?,29?,30?,32-,33+/m1/s1. The van der Waals surface area contributed by atoms with Gasteiger partial charge in [0, 0.05) is 18.8 Å². The van der Waals surface area contributed by atoms with Crippen molar-refractivity contribution < 1.29 is 9.53 Å². The van der Waals surface area contributed by atoms with Crippen LogP contribution >= 0.6 is 0 Å². The molecule has 3 heteroatoms. The molecule has 1 aromatic heterocycles. The Kier molecular flexibility index (Phi) is 7.40. The lowest BCUT2D eigenvalue weighted by atomic mass is 9.47. The summed E-state index contributed by atoms with van der Waals surface area (Å²) in [7, 11) is 0. The Balaban J connectivity index is 1.25. The molecule has 1 heterocycles. The molecule has 0 saturated heterocycles. The predicted molar refractivity (Wildman–Crippen MR) is 146 cm³/mol. The van der Waals surface area contributed by atoms with Crippen molar-refractivity contribution in [2.75, 3.05) is 0 Å². The number of aromatic nitrogens is 1. The van der Waals surface area contributed by atoms with Gasteiger partial charge in [-0.3, -0.25) is 4.98 Å². The average Bonchev–Trinajstić information content (AvgIpc) is 3.22. The summed E-state index contributed by atoms with van der Waals surface area (Å²) in [4.78, 5) is 16.7. The van der Waals surface area contributed by atoms with Crippen LogP contribution in [0.5, 0.6) is 0 Å². The molecule has 3 nitrogen and oxygen atoms in total. The molecule has 36 heavy (non-hydrogen) atoms. The van der Waals surface area contributed by atoms with Crippen LogP contribution in [0.1, 0.15) is 116 Å². The van der Waals surface area contributed by atoms with Crippen LogP contribution < -0.4 is 0 Å². The van der Waals surface area contributed by atoms with E-state index in [4.69, 9.17) is 4.74 Å². The minimum absolute atomic E-state index is 0.00462. The van der Waals surface area contributed by atoms with E-state index in [0.717, 1.165) is 54.8 Å². The number of hydrogen-bond acceptors (Lipinski definition) is 3. The van der Waals surface area contributed by atoms with Crippen LogP contribution in [0.4, 0.5) is 0 Å². The van der Waals surface area contributed by atoms with Crippen molar-refractivity contribution in [2.45, 2.75) is 111 Å². The molecule has 0 amide bonds. The molecule has 0 N–H and O–H groups in total. The maximum atomic E-state index is 12.6. The molecule has 198 valence electrons. The first kappa shape index (κ1) is 26.0. The normalized spacial score (nSPS) is 38.5. The average molecular weight is 492 g/mol. The van der Waals surface area contributed by atoms with E-state index in [1.54, 1.807) is 30.1 Å². The van der Waals surface area contributed by atoms with E-state index in [2.05, 4.69) is 45.7 Å². The summed E-state index contributed by atoms with van der Waals surface area (Å²) in [6.07, 6.45) is 20.1. The van der Waals surface area contributed by atoms with Gasteiger partial charge >= 0.3 is 5.97 Å². The predicted octanol–water partition coefficient (Wildman–Crippen LogP) is 8.65. The van der Waals surface area contributed by atoms with Gasteiger partial charge in [0.1, 0.15) is 6.10 Å². The molecule has 0 spiro atoms. The highest BCUT2D eigenvalue weighted by Gasteiger charge is 2.59. The molecule has 0 aromatic carbocycles. The summed E-state index contributed by atoms with van der Waals surface area (Å²) >= 11 is 0. The van der Waals surface area contributed by atoms with Crippen LogP contribution in [0.3, 0.4) is 0 Å². The van der Waals surface area contributed by atoms with E-state index in [1.807, 2.05) is 0 Å². The molecule has 0 bridgehead atoms. The lowest BCUT2D eigenvalue weighted by Gasteiger charge is -2.58. The number of esters is 1. The number of nitrogens with zero attached hydrogens (tertiary/aromatic N) is 1. The molecule has 1 aromatic rings. The van der Waals surface area contributed by atoms with Gasteiger partial charge < -0.3 is 4.74 Å². The van der Waals surface area contributed by atoms with Crippen LogP contribution in [0.15, 0.2) is 36.2 Å². The maximum absolute atomic E-state index is 12.6. The third kappa shape index (κ3) is 4.69. The van der Waals surface area contributed by atoms with Gasteiger partial charge in [-0.25, -0.2) is 4.79 Å². The number of allylic oxidation sites excluding steroid dienone is 1. The molecule has 8 atom stereocenters. The van der Waals surface area contributed by atoms with Gasteiger partial charge in [-0.15, -0.1) is 0 Å². The molecular formula is C33H49NO2. The Hall–Kier alpha value is -1.64. The largest absolute Gasteiger partial charge is 0.458 e. The van der Waals surface area contributed by atoms with Crippen molar-refractivity contribution in [3.63, 3.8) is 0 Å². The third-order valence-corrected chi connectivity index (χ3v) is 11.4. The van der Waals surface area contributed by atoms with Crippen LogP contribution in [0.2, 0.25) is 0 Å². The molecule has 4 aliphatic carbocycles. The monoisotopic (exact) mass is 491 g/mol. The zero-order chi connectivity index (χ0) is 25.5. The van der Waals surface area contributed by atoms with Crippen molar-refractivity contribution in [1.82, 2.24) is 4.98 Å². The number of carbonyl (C=O) groups is 1. The molecule has 3 fully saturated rings. The minimum Gasteiger partial charge on any atom is -0.458 e. The lowest BCUT2D eigenvalue weighted by Crippen LogP contribution is -2.51. The second-order valence-electron chi connectivity index (χ2n) is 13.8. The van der Waals surface area contributed by atoms with E-state index >= 15 is 0 Å². The number of carbonyl (C=O) groups excluding carboxylic acids is 1. The molecule has 6 unspecified atom stereocenters. The van der Waals surface area contributed by atoms with Crippen molar-refractivity contribution in [2.24, 2.45) is 46.3 Å². The Morgan fingerprint density at radius 1 is 1.08 bits per heavy atom. The Bertz CT molecular complexity index is 954. The van der Waals surface area contributed by atoms with E-state index < -0.39 is 0 Å². The summed E-state index contributed by atoms with van der Waals surface area (Å²) in [5.74, 6) is 4.93. The van der Waals surface area contributed by atoms with Crippen LogP contribution in [-0.2, 0) is 4.74 Å². The van der Waals surface area contributed by atoms with Crippen molar-refractivity contribution in [3.05, 3.63) is 41.7 Å². The van der Waals surface area contributed by atoms with E-state index in [9.17, 15) is 4.79 Å². The summed E-state index contributed by atoms with van der Waals surface area (Å²) in [5, 5.41) is 0. The lowest BCUT2D eigenvalue weighted by molar-refractivity contribution is -0.0594. The first-order chi connectivity index (χ1) is 17.2. The third-order valence-electron chi connectivity index (χ3n) is 11.4. The number of pyridine rings is 1. The SMILES string of the molecule is CC(C)CCCC(C)C1CCC2C3CC=C4CC(OC(=O)c5cccnc5)CC[C@@]4(C)C3CC[C@@]12C. The smallest absolute Gasteiger partial charge is 0.339 e. The maximum Gasteiger partial charge on any atom is 0.339 e. The second-order valence-corrected chi connectivity index (χ2v) is 13.8. The van der Waals surface area contributed by atoms with E-state index in [-0.39, 0.29) is 12.1 Å². The summed E-state index contributed by atoms with van der Waals surface area (Å²) in [5.41, 5.74) is 2.97. The van der Waals surface area contributed by atoms with E-state index in [1.165, 1.54) is 51.4 Å². The summed E-state index contributed by atoms with van der Waals surface area (Å²) in [6, 6.07) is 3.60. The second kappa shape index (κ2) is 10.3. The Morgan fingerprint density at radius 2 is 1.92 bits per heavy atom. The van der Waals surface area contributed by atoms with Gasteiger partial charge in [-0.2, -0.15) is 0 Å². The van der Waals surface area contributed by atoms with Gasteiger partial charge in [0.25, 0.3) is 0 Å². The summed E-state index contributed by atoms with van der Waals surface area (Å²) in [6.45, 7) is 12.5. The van der Waals surface area contributed by atoms with Gasteiger partial charge in [-0.1, -0.05) is 65.5 Å². The minimum atomic E-state index is -0.223. The highest BCUT2D eigenvalue weighted by atomic mass is 16.5. The summed E-state index contributed by atoms with van der Waals surface area (Å²) < 4.78 is 5.96. The number of fused-ring (bicyclic) bond motifs is 5. The quantitative estimate of drug-likeness (QED) is 0.283. The molecule has 5 rings (SSSR count). The first-order valence-electron chi connectivity index (χ1n) is 15.0. The fourth-order valence-corrected chi connectivity index (χ4v) is 9.46. The van der Waals surface area contributed by atoms with Crippen LogP contribution in [-0.4, -0.2) is 17.1 Å². The van der Waals surface area contributed by atoms with Crippen molar-refractivity contribution in [3.8, 4) is 0 Å². The molecule has 4 aliphatic rings. The first-order valence-corrected chi connectivity index (χ1v) is 15.0. The number of rotatable bonds is 7. The van der Waals surface area contributed by atoms with Crippen molar-refractivity contribution >= 4 is 5.97 Å². The topological polar surface area (TPSA) is 39.2 Å². The highest BCUT2D eigenvalue weighted by molar-refractivity contribution is 5.89.